The van der Waals surface area contributed by atoms with Crippen LogP contribution in [0, 0.1) is 0 Å². The summed E-state index contributed by atoms with van der Waals surface area (Å²) in [4.78, 5) is 50.6. The minimum Gasteiger partial charge on any atom is -0.384 e. The number of benzene rings is 2. The molecule has 0 aliphatic carbocycles. The third-order valence-corrected chi connectivity index (χ3v) is 7.90. The Balaban J connectivity index is 1.14. The third-order valence-electron chi connectivity index (χ3n) is 7.90. The van der Waals surface area contributed by atoms with Crippen LogP contribution in [0.4, 0.5) is 34.9 Å². The summed E-state index contributed by atoms with van der Waals surface area (Å²) in [5.74, 6) is 0.791. The van der Waals surface area contributed by atoms with Gasteiger partial charge < -0.3 is 41.6 Å². The van der Waals surface area contributed by atoms with Crippen molar-refractivity contribution in [2.45, 2.75) is 19.4 Å². The van der Waals surface area contributed by atoms with E-state index in [0.29, 0.717) is 22.6 Å². The maximum absolute atomic E-state index is 12.9. The summed E-state index contributed by atoms with van der Waals surface area (Å²) < 4.78 is 0. The fraction of sp³-hybridized carbons (Fsp3) is 0.235. The maximum Gasteiger partial charge on any atom is 0.256 e. The number of carbonyl (C=O) groups is 2. The number of amides is 2. The molecule has 48 heavy (non-hydrogen) atoms. The molecule has 0 atom stereocenters. The molecule has 2 aromatic carbocycles. The minimum absolute atomic E-state index is 0.225. The normalized spacial score (nSPS) is 13.3. The van der Waals surface area contributed by atoms with Crippen molar-refractivity contribution in [1.82, 2.24) is 30.2 Å². The summed E-state index contributed by atoms with van der Waals surface area (Å²) in [6, 6.07) is 18.5. The van der Waals surface area contributed by atoms with Crippen LogP contribution >= 0.6 is 0 Å². The van der Waals surface area contributed by atoms with Crippen molar-refractivity contribution >= 4 is 57.8 Å². The lowest BCUT2D eigenvalue weighted by molar-refractivity contribution is 0.0739. The standard InChI is InChI=1S/C34H37N11O3/c1-4-15-36-31(47)24-20-37-32(43-30(24)41-27-10-6-9-26(40-27)34(2,3)48)38-21-11-13-22(14-12-21)44-16-18-45(19-17-44)33-39-25-8-5-7-23(29(35)46)28(25)42-33/h4-14,20,48H,1,15-19H2,2-3H3,(H2,35,46)(H,36,47)(H,39,42)(H2,37,38,40,41,43). The molecule has 2 amide bonds. The van der Waals surface area contributed by atoms with Gasteiger partial charge in [-0.3, -0.25) is 9.59 Å². The first-order valence-corrected chi connectivity index (χ1v) is 15.5. The number of nitrogens with two attached hydrogens (primary N) is 1. The Kier molecular flexibility index (Phi) is 8.90. The van der Waals surface area contributed by atoms with E-state index in [1.54, 1.807) is 50.3 Å². The predicted octanol–water partition coefficient (Wildman–Crippen LogP) is 3.80. The number of hydrogen-bond donors (Lipinski definition) is 6. The number of hydrogen-bond acceptors (Lipinski definition) is 11. The number of aromatic amines is 1. The maximum atomic E-state index is 12.9. The molecular formula is C34H37N11O3. The number of imidazole rings is 1. The van der Waals surface area contributed by atoms with Crippen LogP contribution in [-0.4, -0.2) is 74.6 Å². The second-order valence-electron chi connectivity index (χ2n) is 11.8. The van der Waals surface area contributed by atoms with Crippen LogP contribution in [0.25, 0.3) is 11.0 Å². The van der Waals surface area contributed by atoms with Gasteiger partial charge in [-0.2, -0.15) is 4.98 Å². The van der Waals surface area contributed by atoms with Gasteiger partial charge in [0.1, 0.15) is 28.3 Å². The van der Waals surface area contributed by atoms with E-state index < -0.39 is 11.5 Å². The molecule has 0 spiro atoms. The molecule has 14 nitrogen and oxygen atoms in total. The molecule has 0 saturated carbocycles. The number of aliphatic hydroxyl groups is 1. The number of carbonyl (C=O) groups excluding carboxylic acids is 2. The second-order valence-corrected chi connectivity index (χ2v) is 11.8. The largest absolute Gasteiger partial charge is 0.384 e. The molecule has 1 fully saturated rings. The van der Waals surface area contributed by atoms with Gasteiger partial charge in [0.15, 0.2) is 0 Å². The van der Waals surface area contributed by atoms with Crippen molar-refractivity contribution in [2.75, 3.05) is 53.2 Å². The number of rotatable bonds is 11. The van der Waals surface area contributed by atoms with Crippen LogP contribution in [0.15, 0.2) is 79.5 Å². The highest BCUT2D eigenvalue weighted by Crippen LogP contribution is 2.27. The zero-order chi connectivity index (χ0) is 33.8. The summed E-state index contributed by atoms with van der Waals surface area (Å²) >= 11 is 0. The minimum atomic E-state index is -1.15. The lowest BCUT2D eigenvalue weighted by Crippen LogP contribution is -2.46. The number of fused-ring (bicyclic) bond motifs is 1. The molecule has 6 rings (SSSR count). The predicted molar refractivity (Wildman–Crippen MR) is 186 cm³/mol. The Labute approximate surface area is 277 Å². The molecule has 0 unspecified atom stereocenters. The lowest BCUT2D eigenvalue weighted by atomic mass is 10.1. The fourth-order valence-corrected chi connectivity index (χ4v) is 5.36. The molecule has 1 aliphatic heterocycles. The number of nitrogens with zero attached hydrogens (tertiary/aromatic N) is 6. The van der Waals surface area contributed by atoms with E-state index in [1.807, 2.05) is 30.3 Å². The van der Waals surface area contributed by atoms with Crippen LogP contribution in [0.5, 0.6) is 0 Å². The smallest absolute Gasteiger partial charge is 0.256 e. The van der Waals surface area contributed by atoms with Crippen molar-refractivity contribution in [3.63, 3.8) is 0 Å². The van der Waals surface area contributed by atoms with Crippen molar-refractivity contribution in [3.8, 4) is 0 Å². The number of aromatic nitrogens is 5. The molecule has 246 valence electrons. The highest BCUT2D eigenvalue weighted by molar-refractivity contribution is 6.04. The average Bonchev–Trinajstić information content (AvgIpc) is 3.52. The van der Waals surface area contributed by atoms with Crippen LogP contribution in [-0.2, 0) is 5.60 Å². The summed E-state index contributed by atoms with van der Waals surface area (Å²) in [7, 11) is 0. The molecule has 4 heterocycles. The Morgan fingerprint density at radius 3 is 2.40 bits per heavy atom. The first kappa shape index (κ1) is 31.9. The van der Waals surface area contributed by atoms with Crippen LogP contribution in [0.1, 0.15) is 40.3 Å². The molecule has 0 radical (unpaired) electrons. The van der Waals surface area contributed by atoms with Crippen LogP contribution in [0.3, 0.4) is 0 Å². The van der Waals surface area contributed by atoms with Crippen molar-refractivity contribution in [3.05, 3.63) is 96.3 Å². The Morgan fingerprint density at radius 2 is 1.69 bits per heavy atom. The topological polar surface area (TPSA) is 190 Å². The Morgan fingerprint density at radius 1 is 0.958 bits per heavy atom. The van der Waals surface area contributed by atoms with E-state index in [9.17, 15) is 14.7 Å². The quantitative estimate of drug-likeness (QED) is 0.114. The highest BCUT2D eigenvalue weighted by atomic mass is 16.3. The van der Waals surface area contributed by atoms with Gasteiger partial charge in [-0.1, -0.05) is 18.2 Å². The summed E-state index contributed by atoms with van der Waals surface area (Å²) in [5, 5.41) is 19.5. The highest BCUT2D eigenvalue weighted by Gasteiger charge is 2.22. The monoisotopic (exact) mass is 647 g/mol. The SMILES string of the molecule is C=CCNC(=O)c1cnc(Nc2ccc(N3CCN(c4nc5c(C(N)=O)cccc5[nH]4)CC3)cc2)nc1Nc1cccc(C(C)(C)O)n1. The van der Waals surface area contributed by atoms with Crippen LogP contribution in [0.2, 0.25) is 0 Å². The molecular weight excluding hydrogens is 610 g/mol. The van der Waals surface area contributed by atoms with E-state index in [4.69, 9.17) is 5.73 Å². The van der Waals surface area contributed by atoms with E-state index >= 15 is 0 Å². The van der Waals surface area contributed by atoms with Gasteiger partial charge in [-0.15, -0.1) is 6.58 Å². The zero-order valence-electron chi connectivity index (χ0n) is 26.7. The first-order chi connectivity index (χ1) is 23.1. The lowest BCUT2D eigenvalue weighted by Gasteiger charge is -2.36. The van der Waals surface area contributed by atoms with Gasteiger partial charge >= 0.3 is 0 Å². The molecule has 3 aromatic heterocycles. The number of para-hydroxylation sites is 1. The van der Waals surface area contributed by atoms with Crippen molar-refractivity contribution < 1.29 is 14.7 Å². The van der Waals surface area contributed by atoms with E-state index in [-0.39, 0.29) is 29.8 Å². The Hall–Kier alpha value is -6.02. The number of piperazine rings is 1. The number of primary amides is 1. The Bertz CT molecular complexity index is 1960. The van der Waals surface area contributed by atoms with Crippen molar-refractivity contribution in [2.24, 2.45) is 5.73 Å². The van der Waals surface area contributed by atoms with Gasteiger partial charge in [0.2, 0.25) is 11.9 Å². The molecule has 0 bridgehead atoms. The summed E-state index contributed by atoms with van der Waals surface area (Å²) in [6.07, 6.45) is 3.03. The fourth-order valence-electron chi connectivity index (χ4n) is 5.36. The number of pyridine rings is 1. The van der Waals surface area contributed by atoms with E-state index in [0.717, 1.165) is 49.0 Å². The summed E-state index contributed by atoms with van der Waals surface area (Å²) in [5.41, 5.74) is 8.67. The molecule has 14 heteroatoms. The third kappa shape index (κ3) is 7.03. The number of anilines is 6. The average molecular weight is 648 g/mol. The van der Waals surface area contributed by atoms with Crippen molar-refractivity contribution in [1.29, 1.82) is 0 Å². The number of nitrogens with one attached hydrogen (secondary N) is 4. The summed E-state index contributed by atoms with van der Waals surface area (Å²) in [6.45, 7) is 10.3. The molecule has 1 aliphatic rings. The zero-order valence-corrected chi connectivity index (χ0v) is 26.7. The van der Waals surface area contributed by atoms with Crippen LogP contribution < -0.4 is 31.5 Å². The number of H-pyrrole nitrogens is 1. The van der Waals surface area contributed by atoms with Gasteiger partial charge in [-0.25, -0.2) is 15.0 Å². The van der Waals surface area contributed by atoms with Gasteiger partial charge in [-0.05, 0) is 62.4 Å². The molecule has 1 saturated heterocycles. The molecule has 5 aromatic rings. The van der Waals surface area contributed by atoms with Gasteiger partial charge in [0.05, 0.1) is 16.8 Å². The van der Waals surface area contributed by atoms with E-state index in [2.05, 4.69) is 57.2 Å². The molecule has 7 N–H and O–H groups in total. The first-order valence-electron chi connectivity index (χ1n) is 15.5. The second kappa shape index (κ2) is 13.4. The van der Waals surface area contributed by atoms with E-state index in [1.165, 1.54) is 6.20 Å². The van der Waals surface area contributed by atoms with Gasteiger partial charge in [0.25, 0.3) is 11.8 Å². The van der Waals surface area contributed by atoms with Gasteiger partial charge in [0, 0.05) is 50.3 Å².